The van der Waals surface area contributed by atoms with Gasteiger partial charge in [0.1, 0.15) is 5.65 Å². The van der Waals surface area contributed by atoms with Crippen LogP contribution >= 0.6 is 0 Å². The Hall–Kier alpha value is -1.92. The smallest absolute Gasteiger partial charge is 0.226 e. The fourth-order valence-corrected chi connectivity index (χ4v) is 4.17. The van der Waals surface area contributed by atoms with Crippen molar-refractivity contribution in [1.82, 2.24) is 14.7 Å². The molecule has 0 unspecified atom stereocenters. The fraction of sp³-hybridized carbons (Fsp3) is 0.556. The van der Waals surface area contributed by atoms with Crippen molar-refractivity contribution in [2.24, 2.45) is 11.8 Å². The summed E-state index contributed by atoms with van der Waals surface area (Å²) in [5, 5.41) is 3.20. The molecule has 6 nitrogen and oxygen atoms in total. The second-order valence-corrected chi connectivity index (χ2v) is 6.81. The highest BCUT2D eigenvalue weighted by molar-refractivity contribution is 5.79. The van der Waals surface area contributed by atoms with Crippen LogP contribution in [0, 0.1) is 18.8 Å². The standard InChI is InChI=1S/C18H23N3O3/c1-11-4-3-6-21-12(9-19-18(11)21)8-15(22)20-16-13-5-7-24-17(13)14(16)10-23-2/h3-4,6,9,13-14,16-17H,5,7-8,10H2,1-2H3,(H,20,22)/t13-,14-,16-,17-/m0/s1. The van der Waals surface area contributed by atoms with Gasteiger partial charge in [0, 0.05) is 44.0 Å². The molecule has 0 radical (unpaired) electrons. The molecule has 2 aromatic rings. The lowest BCUT2D eigenvalue weighted by molar-refractivity contribution is -0.129. The van der Waals surface area contributed by atoms with Crippen LogP contribution in [-0.2, 0) is 20.7 Å². The van der Waals surface area contributed by atoms with E-state index < -0.39 is 0 Å². The molecule has 6 heteroatoms. The molecule has 2 aliphatic rings. The number of aryl methyl sites for hydroxylation is 1. The minimum absolute atomic E-state index is 0.0368. The van der Waals surface area contributed by atoms with E-state index in [0.717, 1.165) is 29.9 Å². The first-order chi connectivity index (χ1) is 11.7. The maximum absolute atomic E-state index is 12.5. The number of nitrogens with one attached hydrogen (secondary N) is 1. The molecule has 2 aromatic heterocycles. The van der Waals surface area contributed by atoms with E-state index in [2.05, 4.69) is 10.3 Å². The molecule has 128 valence electrons. The SMILES string of the molecule is COC[C@H]1[C@@H](NC(=O)Cc2cnc3c(C)cccn23)[C@@H]2CCO[C@@H]21. The maximum atomic E-state index is 12.5. The zero-order valence-electron chi connectivity index (χ0n) is 14.1. The molecular formula is C18H23N3O3. The van der Waals surface area contributed by atoms with Gasteiger partial charge in [-0.25, -0.2) is 4.98 Å². The van der Waals surface area contributed by atoms with Crippen LogP contribution in [0.4, 0.5) is 0 Å². The average molecular weight is 329 g/mol. The molecule has 1 saturated carbocycles. The number of carbonyl (C=O) groups excluding carboxylic acids is 1. The third kappa shape index (κ3) is 2.50. The zero-order valence-corrected chi connectivity index (χ0v) is 14.1. The fourth-order valence-electron chi connectivity index (χ4n) is 4.17. The Labute approximate surface area is 141 Å². The van der Waals surface area contributed by atoms with E-state index >= 15 is 0 Å². The van der Waals surface area contributed by atoms with Gasteiger partial charge < -0.3 is 19.2 Å². The summed E-state index contributed by atoms with van der Waals surface area (Å²) in [6, 6.07) is 4.16. The van der Waals surface area contributed by atoms with Crippen LogP contribution in [0.15, 0.2) is 24.5 Å². The first kappa shape index (κ1) is 15.6. The molecule has 24 heavy (non-hydrogen) atoms. The summed E-state index contributed by atoms with van der Waals surface area (Å²) in [7, 11) is 1.70. The van der Waals surface area contributed by atoms with Crippen LogP contribution in [0.1, 0.15) is 17.7 Å². The Morgan fingerprint density at radius 1 is 1.54 bits per heavy atom. The predicted octanol–water partition coefficient (Wildman–Crippen LogP) is 1.35. The highest BCUT2D eigenvalue weighted by atomic mass is 16.5. The normalized spacial score (nSPS) is 28.6. The summed E-state index contributed by atoms with van der Waals surface area (Å²) in [5.74, 6) is 0.726. The van der Waals surface area contributed by atoms with Crippen molar-refractivity contribution < 1.29 is 14.3 Å². The van der Waals surface area contributed by atoms with Crippen molar-refractivity contribution in [2.45, 2.75) is 31.9 Å². The lowest BCUT2D eigenvalue weighted by Crippen LogP contribution is -2.63. The second-order valence-electron chi connectivity index (χ2n) is 6.81. The molecule has 1 amide bonds. The van der Waals surface area contributed by atoms with Gasteiger partial charge in [0.15, 0.2) is 0 Å². The molecule has 4 rings (SSSR count). The van der Waals surface area contributed by atoms with Crippen LogP contribution < -0.4 is 5.32 Å². The summed E-state index contributed by atoms with van der Waals surface area (Å²) in [4.78, 5) is 17.0. The zero-order chi connectivity index (χ0) is 16.7. The number of hydrogen-bond acceptors (Lipinski definition) is 4. The first-order valence-electron chi connectivity index (χ1n) is 8.50. The van der Waals surface area contributed by atoms with E-state index in [9.17, 15) is 4.79 Å². The van der Waals surface area contributed by atoms with Gasteiger partial charge in [-0.2, -0.15) is 0 Å². The maximum Gasteiger partial charge on any atom is 0.226 e. The van der Waals surface area contributed by atoms with E-state index in [-0.39, 0.29) is 24.0 Å². The van der Waals surface area contributed by atoms with Gasteiger partial charge >= 0.3 is 0 Å². The summed E-state index contributed by atoms with van der Waals surface area (Å²) in [5.41, 5.74) is 2.92. The lowest BCUT2D eigenvalue weighted by atomic mass is 9.67. The molecule has 1 saturated heterocycles. The van der Waals surface area contributed by atoms with E-state index in [1.807, 2.05) is 29.7 Å². The van der Waals surface area contributed by atoms with E-state index in [1.54, 1.807) is 13.3 Å². The number of nitrogens with zero attached hydrogens (tertiary/aromatic N) is 2. The van der Waals surface area contributed by atoms with Gasteiger partial charge in [-0.3, -0.25) is 4.79 Å². The van der Waals surface area contributed by atoms with Crippen molar-refractivity contribution in [3.8, 4) is 0 Å². The largest absolute Gasteiger partial charge is 0.384 e. The molecule has 0 spiro atoms. The molecule has 3 heterocycles. The monoisotopic (exact) mass is 329 g/mol. The summed E-state index contributed by atoms with van der Waals surface area (Å²) >= 11 is 0. The number of hydrogen-bond donors (Lipinski definition) is 1. The van der Waals surface area contributed by atoms with Gasteiger partial charge in [0.2, 0.25) is 5.91 Å². The molecule has 4 atom stereocenters. The van der Waals surface area contributed by atoms with Gasteiger partial charge in [-0.1, -0.05) is 6.07 Å². The molecular weight excluding hydrogens is 306 g/mol. The third-order valence-electron chi connectivity index (χ3n) is 5.36. The van der Waals surface area contributed by atoms with Crippen LogP contribution in [0.25, 0.3) is 5.65 Å². The number of rotatable bonds is 5. The number of carbonyl (C=O) groups is 1. The second kappa shape index (κ2) is 6.18. The van der Waals surface area contributed by atoms with E-state index in [4.69, 9.17) is 9.47 Å². The first-order valence-corrected chi connectivity index (χ1v) is 8.50. The number of fused-ring (bicyclic) bond motifs is 2. The van der Waals surface area contributed by atoms with Gasteiger partial charge in [-0.05, 0) is 25.0 Å². The van der Waals surface area contributed by atoms with Gasteiger partial charge in [0.05, 0.1) is 24.8 Å². The van der Waals surface area contributed by atoms with Crippen molar-refractivity contribution in [3.05, 3.63) is 35.8 Å². The quantitative estimate of drug-likeness (QED) is 0.899. The van der Waals surface area contributed by atoms with Gasteiger partial charge in [0.25, 0.3) is 0 Å². The average Bonchev–Trinajstić information content (AvgIpc) is 3.16. The van der Waals surface area contributed by atoms with Crippen LogP contribution in [0.3, 0.4) is 0 Å². The predicted molar refractivity (Wildman–Crippen MR) is 88.8 cm³/mol. The third-order valence-corrected chi connectivity index (χ3v) is 5.36. The summed E-state index contributed by atoms with van der Waals surface area (Å²) < 4.78 is 13.0. The van der Waals surface area contributed by atoms with Crippen LogP contribution in [0.5, 0.6) is 0 Å². The van der Waals surface area contributed by atoms with Gasteiger partial charge in [-0.15, -0.1) is 0 Å². The van der Waals surface area contributed by atoms with Crippen LogP contribution in [-0.4, -0.2) is 47.8 Å². The Kier molecular flexibility index (Phi) is 4.02. The van der Waals surface area contributed by atoms with Crippen molar-refractivity contribution in [1.29, 1.82) is 0 Å². The molecule has 0 aromatic carbocycles. The molecule has 1 aliphatic heterocycles. The van der Waals surface area contributed by atoms with E-state index in [0.29, 0.717) is 18.9 Å². The highest BCUT2D eigenvalue weighted by Crippen LogP contribution is 2.43. The molecule has 1 N–H and O–H groups in total. The number of aromatic nitrogens is 2. The number of ether oxygens (including phenoxy) is 2. The summed E-state index contributed by atoms with van der Waals surface area (Å²) in [6.07, 6.45) is 5.34. The summed E-state index contributed by atoms with van der Waals surface area (Å²) in [6.45, 7) is 3.44. The lowest BCUT2D eigenvalue weighted by Gasteiger charge is -2.47. The molecule has 0 bridgehead atoms. The molecule has 1 aliphatic carbocycles. The van der Waals surface area contributed by atoms with Crippen molar-refractivity contribution >= 4 is 11.6 Å². The Balaban J connectivity index is 1.45. The topological polar surface area (TPSA) is 64.9 Å². The molecule has 2 fully saturated rings. The van der Waals surface area contributed by atoms with Crippen molar-refractivity contribution in [2.75, 3.05) is 20.3 Å². The van der Waals surface area contributed by atoms with E-state index in [1.165, 1.54) is 0 Å². The number of methoxy groups -OCH3 is 1. The Morgan fingerprint density at radius 2 is 2.42 bits per heavy atom. The van der Waals surface area contributed by atoms with Crippen molar-refractivity contribution in [3.63, 3.8) is 0 Å². The number of amides is 1. The highest BCUT2D eigenvalue weighted by Gasteiger charge is 2.54. The Bertz CT molecular complexity index is 757. The number of pyridine rings is 1. The minimum Gasteiger partial charge on any atom is -0.384 e. The minimum atomic E-state index is 0.0368. The Morgan fingerprint density at radius 3 is 3.25 bits per heavy atom. The number of imidazole rings is 1. The van der Waals surface area contributed by atoms with Crippen LogP contribution in [0.2, 0.25) is 0 Å².